The molecule has 0 fully saturated rings. The van der Waals surface area contributed by atoms with Crippen molar-refractivity contribution in [1.29, 1.82) is 0 Å². The second-order valence-corrected chi connectivity index (χ2v) is 4.46. The smallest absolute Gasteiger partial charge is 0.326 e. The normalized spacial score (nSPS) is 11.8. The number of carbonyl (C=O) groups is 2. The Morgan fingerprint density at radius 2 is 2.00 bits per heavy atom. The van der Waals surface area contributed by atoms with E-state index in [0.717, 1.165) is 5.56 Å². The van der Waals surface area contributed by atoms with Gasteiger partial charge in [0.05, 0.1) is 5.69 Å². The van der Waals surface area contributed by atoms with Gasteiger partial charge in [-0.1, -0.05) is 13.0 Å². The van der Waals surface area contributed by atoms with Crippen LogP contribution in [-0.4, -0.2) is 34.8 Å². The van der Waals surface area contributed by atoms with Crippen molar-refractivity contribution in [3.8, 4) is 5.75 Å². The lowest BCUT2D eigenvalue weighted by Gasteiger charge is -2.25. The number of hydrogen-bond acceptors (Lipinski definition) is 3. The summed E-state index contributed by atoms with van der Waals surface area (Å²) in [6, 6.07) is 3.32. The molecule has 0 saturated heterocycles. The third-order valence-electron chi connectivity index (χ3n) is 3.05. The van der Waals surface area contributed by atoms with Gasteiger partial charge in [0.25, 0.3) is 0 Å². The Balaban J connectivity index is 2.98. The molecule has 110 valence electrons. The van der Waals surface area contributed by atoms with Crippen LogP contribution in [-0.2, 0) is 4.79 Å². The number of rotatable bonds is 5. The summed E-state index contributed by atoms with van der Waals surface area (Å²) in [5.41, 5.74) is 1.38. The van der Waals surface area contributed by atoms with E-state index >= 15 is 0 Å². The van der Waals surface area contributed by atoms with Gasteiger partial charge < -0.3 is 15.5 Å². The Morgan fingerprint density at radius 1 is 1.35 bits per heavy atom. The molecule has 0 aromatic heterocycles. The SMILES string of the molecule is CCC(NC(=O)N(CC)c1cc(O)ccc1C)C(=O)O. The fourth-order valence-electron chi connectivity index (χ4n) is 1.88. The highest BCUT2D eigenvalue weighted by atomic mass is 16.4. The van der Waals surface area contributed by atoms with E-state index in [4.69, 9.17) is 5.11 Å². The summed E-state index contributed by atoms with van der Waals surface area (Å²) in [5.74, 6) is -1.01. The number of urea groups is 1. The Hall–Kier alpha value is -2.24. The summed E-state index contributed by atoms with van der Waals surface area (Å²) in [7, 11) is 0. The van der Waals surface area contributed by atoms with E-state index in [1.165, 1.54) is 17.0 Å². The standard InChI is InChI=1S/C14H20N2O4/c1-4-11(13(18)19)15-14(20)16(5-2)12-8-10(17)7-6-9(12)3/h6-8,11,17H,4-5H2,1-3H3,(H,15,20)(H,18,19). The Morgan fingerprint density at radius 3 is 2.50 bits per heavy atom. The molecule has 2 amide bonds. The molecule has 0 aliphatic heterocycles. The molecule has 1 rings (SSSR count). The van der Waals surface area contributed by atoms with Crippen molar-refractivity contribution >= 4 is 17.7 Å². The molecule has 1 aromatic carbocycles. The number of phenols is 1. The third kappa shape index (κ3) is 3.63. The number of carbonyl (C=O) groups excluding carboxylic acids is 1. The lowest BCUT2D eigenvalue weighted by Crippen LogP contribution is -2.48. The predicted octanol–water partition coefficient (Wildman–Crippen LogP) is 2.10. The van der Waals surface area contributed by atoms with Gasteiger partial charge in [0.15, 0.2) is 0 Å². The van der Waals surface area contributed by atoms with Crippen LogP contribution in [0.2, 0.25) is 0 Å². The first kappa shape index (κ1) is 15.8. The Labute approximate surface area is 118 Å². The highest BCUT2D eigenvalue weighted by molar-refractivity contribution is 5.95. The maximum Gasteiger partial charge on any atom is 0.326 e. The van der Waals surface area contributed by atoms with Crippen molar-refractivity contribution in [3.63, 3.8) is 0 Å². The number of carboxylic acid groups (broad SMARTS) is 1. The first-order valence-electron chi connectivity index (χ1n) is 6.51. The third-order valence-corrected chi connectivity index (χ3v) is 3.05. The van der Waals surface area contributed by atoms with Crippen LogP contribution < -0.4 is 10.2 Å². The molecule has 0 saturated carbocycles. The van der Waals surface area contributed by atoms with Crippen molar-refractivity contribution in [2.24, 2.45) is 0 Å². The number of carboxylic acids is 1. The van der Waals surface area contributed by atoms with E-state index in [2.05, 4.69) is 5.32 Å². The number of aliphatic carboxylic acids is 1. The van der Waals surface area contributed by atoms with Gasteiger partial charge in [-0.15, -0.1) is 0 Å². The molecular weight excluding hydrogens is 260 g/mol. The van der Waals surface area contributed by atoms with Gasteiger partial charge >= 0.3 is 12.0 Å². The van der Waals surface area contributed by atoms with Gasteiger partial charge in [0.1, 0.15) is 11.8 Å². The molecule has 1 unspecified atom stereocenters. The maximum atomic E-state index is 12.2. The fourth-order valence-corrected chi connectivity index (χ4v) is 1.88. The van der Waals surface area contributed by atoms with E-state index in [0.29, 0.717) is 18.7 Å². The quantitative estimate of drug-likeness (QED) is 0.770. The number of aryl methyl sites for hydroxylation is 1. The molecule has 0 heterocycles. The van der Waals surface area contributed by atoms with Crippen LogP contribution in [0.1, 0.15) is 25.8 Å². The van der Waals surface area contributed by atoms with Gasteiger partial charge in [0.2, 0.25) is 0 Å². The van der Waals surface area contributed by atoms with E-state index < -0.39 is 18.0 Å². The van der Waals surface area contributed by atoms with Crippen LogP contribution in [0.3, 0.4) is 0 Å². The van der Waals surface area contributed by atoms with Crippen LogP contribution in [0.5, 0.6) is 5.75 Å². The van der Waals surface area contributed by atoms with Crippen LogP contribution in [0.25, 0.3) is 0 Å². The van der Waals surface area contributed by atoms with Crippen molar-refractivity contribution in [2.45, 2.75) is 33.2 Å². The van der Waals surface area contributed by atoms with Crippen molar-refractivity contribution < 1.29 is 19.8 Å². The largest absolute Gasteiger partial charge is 0.508 e. The number of benzene rings is 1. The minimum Gasteiger partial charge on any atom is -0.508 e. The zero-order chi connectivity index (χ0) is 15.3. The molecule has 6 nitrogen and oxygen atoms in total. The minimum atomic E-state index is -1.07. The second-order valence-electron chi connectivity index (χ2n) is 4.46. The molecule has 1 aromatic rings. The van der Waals surface area contributed by atoms with E-state index in [1.807, 2.05) is 6.92 Å². The first-order chi connectivity index (χ1) is 9.40. The summed E-state index contributed by atoms with van der Waals surface area (Å²) in [5, 5.41) is 21.0. The van der Waals surface area contributed by atoms with Gasteiger partial charge in [-0.2, -0.15) is 0 Å². The molecule has 0 bridgehead atoms. The van der Waals surface area contributed by atoms with Gasteiger partial charge in [-0.3, -0.25) is 4.90 Å². The van der Waals surface area contributed by atoms with Gasteiger partial charge in [-0.05, 0) is 31.9 Å². The molecule has 3 N–H and O–H groups in total. The summed E-state index contributed by atoms with van der Waals surface area (Å²) in [6.45, 7) is 5.66. The predicted molar refractivity (Wildman–Crippen MR) is 76.1 cm³/mol. The van der Waals surface area contributed by atoms with E-state index in [9.17, 15) is 14.7 Å². The molecule has 0 aliphatic carbocycles. The lowest BCUT2D eigenvalue weighted by atomic mass is 10.1. The highest BCUT2D eigenvalue weighted by Crippen LogP contribution is 2.25. The average Bonchev–Trinajstić information content (AvgIpc) is 2.40. The molecule has 0 aliphatic rings. The summed E-state index contributed by atoms with van der Waals surface area (Å²) >= 11 is 0. The molecule has 6 heteroatoms. The lowest BCUT2D eigenvalue weighted by molar-refractivity contribution is -0.139. The first-order valence-corrected chi connectivity index (χ1v) is 6.51. The molecule has 1 atom stereocenters. The fraction of sp³-hybridized carbons (Fsp3) is 0.429. The number of nitrogens with zero attached hydrogens (tertiary/aromatic N) is 1. The number of aromatic hydroxyl groups is 1. The number of nitrogens with one attached hydrogen (secondary N) is 1. The van der Waals surface area contributed by atoms with Crippen molar-refractivity contribution in [1.82, 2.24) is 5.32 Å². The minimum absolute atomic E-state index is 0.0575. The van der Waals surface area contributed by atoms with E-state index in [1.54, 1.807) is 19.9 Å². The van der Waals surface area contributed by atoms with Crippen molar-refractivity contribution in [2.75, 3.05) is 11.4 Å². The summed E-state index contributed by atoms with van der Waals surface area (Å²) < 4.78 is 0. The van der Waals surface area contributed by atoms with Crippen LogP contribution in [0, 0.1) is 6.92 Å². The van der Waals surface area contributed by atoms with Crippen LogP contribution in [0.4, 0.5) is 10.5 Å². The monoisotopic (exact) mass is 280 g/mol. The maximum absolute atomic E-state index is 12.2. The topological polar surface area (TPSA) is 89.9 Å². The van der Waals surface area contributed by atoms with Crippen molar-refractivity contribution in [3.05, 3.63) is 23.8 Å². The second kappa shape index (κ2) is 6.79. The van der Waals surface area contributed by atoms with Gasteiger partial charge in [0, 0.05) is 12.6 Å². The molecule has 0 spiro atoms. The Bertz CT molecular complexity index is 502. The number of amides is 2. The summed E-state index contributed by atoms with van der Waals surface area (Å²) in [4.78, 5) is 24.5. The van der Waals surface area contributed by atoms with Crippen LogP contribution in [0.15, 0.2) is 18.2 Å². The molecular formula is C14H20N2O4. The average molecular weight is 280 g/mol. The molecule has 0 radical (unpaired) electrons. The number of anilines is 1. The van der Waals surface area contributed by atoms with E-state index in [-0.39, 0.29) is 5.75 Å². The van der Waals surface area contributed by atoms with Gasteiger partial charge in [-0.25, -0.2) is 9.59 Å². The number of hydrogen-bond donors (Lipinski definition) is 3. The molecule has 20 heavy (non-hydrogen) atoms. The Kier molecular flexibility index (Phi) is 5.37. The van der Waals surface area contributed by atoms with Crippen LogP contribution >= 0.6 is 0 Å². The number of phenolic OH excluding ortho intramolecular Hbond substituents is 1. The highest BCUT2D eigenvalue weighted by Gasteiger charge is 2.22. The summed E-state index contributed by atoms with van der Waals surface area (Å²) in [6.07, 6.45) is 0.303. The zero-order valence-corrected chi connectivity index (χ0v) is 11.9. The zero-order valence-electron chi connectivity index (χ0n) is 11.9.